The minimum absolute atomic E-state index is 0.166. The fourth-order valence-electron chi connectivity index (χ4n) is 2.86. The van der Waals surface area contributed by atoms with Crippen LogP contribution >= 0.6 is 0 Å². The van der Waals surface area contributed by atoms with Gasteiger partial charge in [0.05, 0.1) is 6.54 Å². The molecule has 0 saturated carbocycles. The number of aromatic amines is 1. The van der Waals surface area contributed by atoms with Gasteiger partial charge in [0.25, 0.3) is 5.91 Å². The third-order valence-corrected chi connectivity index (χ3v) is 4.34. The predicted octanol–water partition coefficient (Wildman–Crippen LogP) is 1.77. The van der Waals surface area contributed by atoms with E-state index in [9.17, 15) is 14.4 Å². The van der Waals surface area contributed by atoms with Gasteiger partial charge >= 0.3 is 0 Å². The second kappa shape index (κ2) is 7.39. The van der Waals surface area contributed by atoms with E-state index in [1.54, 1.807) is 42.6 Å². The van der Waals surface area contributed by atoms with Crippen molar-refractivity contribution in [3.8, 4) is 11.5 Å². The van der Waals surface area contributed by atoms with Crippen LogP contribution in [-0.4, -0.2) is 42.8 Å². The molecule has 28 heavy (non-hydrogen) atoms. The number of hydrogen-bond acceptors (Lipinski definition) is 6. The highest BCUT2D eigenvalue weighted by Crippen LogP contribution is 2.17. The van der Waals surface area contributed by atoms with Crippen molar-refractivity contribution >= 4 is 23.7 Å². The molecule has 4 rings (SSSR count). The molecule has 2 aromatic heterocycles. The average molecular weight is 376 g/mol. The monoisotopic (exact) mass is 376 g/mol. The Morgan fingerprint density at radius 1 is 1.04 bits per heavy atom. The lowest BCUT2D eigenvalue weighted by Gasteiger charge is -2.13. The Kier molecular flexibility index (Phi) is 4.63. The summed E-state index contributed by atoms with van der Waals surface area (Å²) >= 11 is 0. The first-order chi connectivity index (χ1) is 13.6. The number of rotatable bonds is 5. The lowest BCUT2D eigenvalue weighted by molar-refractivity contribution is -0.139. The summed E-state index contributed by atoms with van der Waals surface area (Å²) in [7, 11) is 0. The van der Waals surface area contributed by atoms with Gasteiger partial charge in [-0.15, -0.1) is 10.2 Å². The molecule has 1 saturated heterocycles. The first kappa shape index (κ1) is 17.5. The molecule has 1 aliphatic heterocycles. The van der Waals surface area contributed by atoms with Crippen LogP contribution in [0.25, 0.3) is 11.5 Å². The van der Waals surface area contributed by atoms with Crippen molar-refractivity contribution in [2.75, 3.05) is 5.32 Å². The van der Waals surface area contributed by atoms with Crippen LogP contribution in [0, 0.1) is 0 Å². The number of amides is 3. The van der Waals surface area contributed by atoms with Gasteiger partial charge in [0.15, 0.2) is 5.82 Å². The van der Waals surface area contributed by atoms with E-state index in [1.165, 1.54) is 4.90 Å². The van der Waals surface area contributed by atoms with E-state index >= 15 is 0 Å². The molecule has 0 radical (unpaired) electrons. The molecule has 3 heterocycles. The van der Waals surface area contributed by atoms with Crippen LogP contribution in [0.2, 0.25) is 0 Å². The molecule has 0 unspecified atom stereocenters. The third-order valence-electron chi connectivity index (χ3n) is 4.34. The fourth-order valence-corrected chi connectivity index (χ4v) is 2.86. The van der Waals surface area contributed by atoms with Crippen molar-refractivity contribution < 1.29 is 14.4 Å². The van der Waals surface area contributed by atoms with Crippen molar-refractivity contribution in [1.29, 1.82) is 0 Å². The summed E-state index contributed by atoms with van der Waals surface area (Å²) in [6.07, 6.45) is 2.16. The number of imide groups is 1. The number of nitrogens with zero attached hydrogens (tertiary/aromatic N) is 4. The molecule has 0 bridgehead atoms. The number of H-pyrrole nitrogens is 1. The van der Waals surface area contributed by atoms with E-state index in [-0.39, 0.29) is 43.1 Å². The molecule has 2 N–H and O–H groups in total. The number of likely N-dealkylation sites (tertiary alicyclic amines) is 1. The maximum absolute atomic E-state index is 12.4. The van der Waals surface area contributed by atoms with Gasteiger partial charge in [0, 0.05) is 24.6 Å². The first-order valence-corrected chi connectivity index (χ1v) is 8.68. The Morgan fingerprint density at radius 2 is 1.79 bits per heavy atom. The molecule has 140 valence electrons. The van der Waals surface area contributed by atoms with Crippen LogP contribution in [0.4, 0.5) is 5.95 Å². The summed E-state index contributed by atoms with van der Waals surface area (Å²) in [6.45, 7) is 0.217. The minimum Gasteiger partial charge on any atom is -0.306 e. The van der Waals surface area contributed by atoms with Gasteiger partial charge in [-0.2, -0.15) is 0 Å². The molecule has 9 heteroatoms. The molecular formula is C19H16N6O3. The van der Waals surface area contributed by atoms with Gasteiger partial charge in [0.1, 0.15) is 5.69 Å². The van der Waals surface area contributed by atoms with E-state index in [0.29, 0.717) is 17.1 Å². The second-order valence-corrected chi connectivity index (χ2v) is 6.26. The van der Waals surface area contributed by atoms with Gasteiger partial charge in [-0.3, -0.25) is 29.6 Å². The first-order valence-electron chi connectivity index (χ1n) is 8.68. The number of carbonyl (C=O) groups is 3. The highest BCUT2D eigenvalue weighted by Gasteiger charge is 2.28. The highest BCUT2D eigenvalue weighted by atomic mass is 16.2. The zero-order valence-corrected chi connectivity index (χ0v) is 14.8. The molecule has 3 amide bonds. The standard InChI is InChI=1S/C19H16N6O3/c26-15-8-9-16(27)25(15)11-12-4-6-13(7-5-12)18(28)22-19-21-17(23-24-19)14-3-1-2-10-20-14/h1-7,10H,8-9,11H2,(H2,21,22,23,24,28). The third kappa shape index (κ3) is 3.63. The fraction of sp³-hybridized carbons (Fsp3) is 0.158. The Labute approximate surface area is 159 Å². The molecule has 1 aromatic carbocycles. The molecule has 0 atom stereocenters. The summed E-state index contributed by atoms with van der Waals surface area (Å²) in [6, 6.07) is 12.1. The Bertz CT molecular complexity index is 1010. The summed E-state index contributed by atoms with van der Waals surface area (Å²) in [4.78, 5) is 44.1. The van der Waals surface area contributed by atoms with E-state index in [0.717, 1.165) is 5.56 Å². The van der Waals surface area contributed by atoms with Crippen LogP contribution in [0.3, 0.4) is 0 Å². The Hall–Kier alpha value is -3.88. The number of nitrogens with one attached hydrogen (secondary N) is 2. The maximum atomic E-state index is 12.4. The summed E-state index contributed by atoms with van der Waals surface area (Å²) in [5.41, 5.74) is 1.81. The molecule has 9 nitrogen and oxygen atoms in total. The molecule has 1 aliphatic rings. The Morgan fingerprint density at radius 3 is 2.46 bits per heavy atom. The van der Waals surface area contributed by atoms with Gasteiger partial charge in [-0.25, -0.2) is 0 Å². The minimum atomic E-state index is -0.358. The van der Waals surface area contributed by atoms with Crippen LogP contribution in [-0.2, 0) is 16.1 Å². The normalized spacial score (nSPS) is 13.8. The largest absolute Gasteiger partial charge is 0.306 e. The summed E-state index contributed by atoms with van der Waals surface area (Å²) in [5.74, 6) is -0.0283. The van der Waals surface area contributed by atoms with E-state index in [4.69, 9.17) is 0 Å². The van der Waals surface area contributed by atoms with Crippen molar-refractivity contribution in [3.05, 3.63) is 59.8 Å². The topological polar surface area (TPSA) is 121 Å². The van der Waals surface area contributed by atoms with Gasteiger partial charge in [-0.1, -0.05) is 18.2 Å². The van der Waals surface area contributed by atoms with E-state index < -0.39 is 0 Å². The number of benzene rings is 1. The zero-order chi connectivity index (χ0) is 19.5. The van der Waals surface area contributed by atoms with Gasteiger partial charge < -0.3 is 4.98 Å². The summed E-state index contributed by atoms with van der Waals surface area (Å²) < 4.78 is 0. The van der Waals surface area contributed by atoms with Crippen LogP contribution in [0.1, 0.15) is 28.8 Å². The van der Waals surface area contributed by atoms with Crippen molar-refractivity contribution in [2.45, 2.75) is 19.4 Å². The quantitative estimate of drug-likeness (QED) is 0.655. The predicted molar refractivity (Wildman–Crippen MR) is 98.8 cm³/mol. The molecular weight excluding hydrogens is 360 g/mol. The smallest absolute Gasteiger partial charge is 0.258 e. The maximum Gasteiger partial charge on any atom is 0.258 e. The van der Waals surface area contributed by atoms with Gasteiger partial charge in [-0.05, 0) is 29.8 Å². The van der Waals surface area contributed by atoms with Crippen LogP contribution in [0.15, 0.2) is 48.7 Å². The number of anilines is 1. The SMILES string of the molecule is O=C(Nc1nnc(-c2ccccn2)[nH]1)c1ccc(CN2C(=O)CCC2=O)cc1. The summed E-state index contributed by atoms with van der Waals surface area (Å²) in [5, 5.41) is 10.5. The van der Waals surface area contributed by atoms with E-state index in [1.807, 2.05) is 6.07 Å². The van der Waals surface area contributed by atoms with Crippen molar-refractivity contribution in [2.24, 2.45) is 0 Å². The van der Waals surface area contributed by atoms with Crippen molar-refractivity contribution in [3.63, 3.8) is 0 Å². The van der Waals surface area contributed by atoms with Crippen molar-refractivity contribution in [1.82, 2.24) is 25.1 Å². The lowest BCUT2D eigenvalue weighted by atomic mass is 10.1. The number of pyridine rings is 1. The lowest BCUT2D eigenvalue weighted by Crippen LogP contribution is -2.28. The molecule has 0 aliphatic carbocycles. The number of carbonyl (C=O) groups excluding carboxylic acids is 3. The highest BCUT2D eigenvalue weighted by molar-refractivity contribution is 6.03. The van der Waals surface area contributed by atoms with Gasteiger partial charge in [0.2, 0.25) is 17.8 Å². The molecule has 0 spiro atoms. The number of hydrogen-bond donors (Lipinski definition) is 2. The Balaban J connectivity index is 1.41. The van der Waals surface area contributed by atoms with Crippen LogP contribution < -0.4 is 5.32 Å². The molecule has 3 aromatic rings. The van der Waals surface area contributed by atoms with E-state index in [2.05, 4.69) is 25.5 Å². The number of aromatic nitrogens is 4. The molecule has 1 fully saturated rings. The van der Waals surface area contributed by atoms with Crippen LogP contribution in [0.5, 0.6) is 0 Å². The average Bonchev–Trinajstić information content (AvgIpc) is 3.31. The zero-order valence-electron chi connectivity index (χ0n) is 14.8. The second-order valence-electron chi connectivity index (χ2n) is 6.26.